The van der Waals surface area contributed by atoms with Crippen molar-refractivity contribution in [2.24, 2.45) is 0 Å². The quantitative estimate of drug-likeness (QED) is 0.705. The van der Waals surface area contributed by atoms with Crippen LogP contribution in [0.5, 0.6) is 0 Å². The number of hydrogen-bond donors (Lipinski definition) is 1. The third kappa shape index (κ3) is 2.83. The van der Waals surface area contributed by atoms with Gasteiger partial charge in [0, 0.05) is 22.2 Å². The standard InChI is InChI=1S/C20H16ClNO3/c21-15-5-3-14(4-6-15)20(10-1-11-20)19(24)22-16-7-8-17-13(12-16)2-9-18(23)25-17/h2-9,12H,1,10-11H2,(H,22,24). The van der Waals surface area contributed by atoms with E-state index >= 15 is 0 Å². The Balaban J connectivity index is 1.63. The molecule has 4 rings (SSSR count). The van der Waals surface area contributed by atoms with Crippen molar-refractivity contribution in [3.63, 3.8) is 0 Å². The maximum atomic E-state index is 13.0. The zero-order valence-corrected chi connectivity index (χ0v) is 14.2. The van der Waals surface area contributed by atoms with Gasteiger partial charge in [-0.2, -0.15) is 0 Å². The largest absolute Gasteiger partial charge is 0.423 e. The number of benzene rings is 2. The van der Waals surface area contributed by atoms with E-state index in [1.165, 1.54) is 6.07 Å². The lowest BCUT2D eigenvalue weighted by atomic mass is 9.64. The second-order valence-electron chi connectivity index (χ2n) is 6.40. The summed E-state index contributed by atoms with van der Waals surface area (Å²) in [5.74, 6) is -0.0159. The van der Waals surface area contributed by atoms with Gasteiger partial charge in [-0.15, -0.1) is 0 Å². The lowest BCUT2D eigenvalue weighted by Crippen LogP contribution is -2.45. The highest BCUT2D eigenvalue weighted by Gasteiger charge is 2.45. The average Bonchev–Trinajstić information content (AvgIpc) is 2.56. The van der Waals surface area contributed by atoms with Crippen LogP contribution in [0.2, 0.25) is 5.02 Å². The number of amides is 1. The minimum atomic E-state index is -0.497. The second kappa shape index (κ2) is 6.05. The molecule has 1 N–H and O–H groups in total. The summed E-state index contributed by atoms with van der Waals surface area (Å²) in [6.45, 7) is 0. The Kier molecular flexibility index (Phi) is 3.85. The van der Waals surface area contributed by atoms with E-state index in [-0.39, 0.29) is 11.5 Å². The molecule has 4 nitrogen and oxygen atoms in total. The Hall–Kier alpha value is -2.59. The second-order valence-corrected chi connectivity index (χ2v) is 6.84. The van der Waals surface area contributed by atoms with Crippen molar-refractivity contribution in [1.29, 1.82) is 0 Å². The first kappa shape index (κ1) is 15.9. The van der Waals surface area contributed by atoms with E-state index in [9.17, 15) is 9.59 Å². The van der Waals surface area contributed by atoms with Gasteiger partial charge in [-0.1, -0.05) is 30.2 Å². The molecule has 0 spiro atoms. The van der Waals surface area contributed by atoms with Gasteiger partial charge in [-0.25, -0.2) is 4.79 Å². The average molecular weight is 354 g/mol. The van der Waals surface area contributed by atoms with E-state index in [2.05, 4.69) is 5.32 Å². The summed E-state index contributed by atoms with van der Waals surface area (Å²) < 4.78 is 5.12. The van der Waals surface area contributed by atoms with Crippen LogP contribution >= 0.6 is 11.6 Å². The zero-order chi connectivity index (χ0) is 17.4. The van der Waals surface area contributed by atoms with Crippen LogP contribution in [-0.2, 0) is 10.2 Å². The molecule has 0 atom stereocenters. The fourth-order valence-corrected chi connectivity index (χ4v) is 3.47. The SMILES string of the molecule is O=C(Nc1ccc2oc(=O)ccc2c1)C1(c2ccc(Cl)cc2)CCC1. The topological polar surface area (TPSA) is 59.3 Å². The molecule has 0 bridgehead atoms. The number of anilines is 1. The van der Waals surface area contributed by atoms with Crippen molar-refractivity contribution in [2.75, 3.05) is 5.32 Å². The predicted octanol–water partition coefficient (Wildman–Crippen LogP) is 4.51. The van der Waals surface area contributed by atoms with Gasteiger partial charge in [0.05, 0.1) is 5.41 Å². The monoisotopic (exact) mass is 353 g/mol. The first-order valence-corrected chi connectivity index (χ1v) is 8.56. The highest BCUT2D eigenvalue weighted by molar-refractivity contribution is 6.30. The van der Waals surface area contributed by atoms with Crippen molar-refractivity contribution < 1.29 is 9.21 Å². The van der Waals surface area contributed by atoms with Crippen LogP contribution in [0.3, 0.4) is 0 Å². The lowest BCUT2D eigenvalue weighted by molar-refractivity contribution is -0.124. The van der Waals surface area contributed by atoms with Crippen LogP contribution in [0.1, 0.15) is 24.8 Å². The Morgan fingerprint density at radius 3 is 2.48 bits per heavy atom. The molecular formula is C20H16ClNO3. The van der Waals surface area contributed by atoms with Crippen molar-refractivity contribution in [3.8, 4) is 0 Å². The Morgan fingerprint density at radius 2 is 1.80 bits per heavy atom. The number of hydrogen-bond acceptors (Lipinski definition) is 3. The predicted molar refractivity (Wildman–Crippen MR) is 98.1 cm³/mol. The van der Waals surface area contributed by atoms with Crippen molar-refractivity contribution in [3.05, 3.63) is 75.6 Å². The Labute approximate surface area is 149 Å². The maximum Gasteiger partial charge on any atom is 0.336 e. The van der Waals surface area contributed by atoms with Gasteiger partial charge in [0.1, 0.15) is 5.58 Å². The van der Waals surface area contributed by atoms with E-state index in [0.29, 0.717) is 16.3 Å². The zero-order valence-electron chi connectivity index (χ0n) is 13.4. The highest BCUT2D eigenvalue weighted by atomic mass is 35.5. The summed E-state index contributed by atoms with van der Waals surface area (Å²) in [6.07, 6.45) is 2.67. The molecule has 1 fully saturated rings. The molecule has 1 aliphatic rings. The Bertz CT molecular complexity index is 1000. The van der Waals surface area contributed by atoms with Gasteiger partial charge in [0.2, 0.25) is 5.91 Å². The molecule has 3 aromatic rings. The fraction of sp³-hybridized carbons (Fsp3) is 0.200. The van der Waals surface area contributed by atoms with Crippen LogP contribution in [-0.4, -0.2) is 5.91 Å². The van der Waals surface area contributed by atoms with Crippen LogP contribution < -0.4 is 10.9 Å². The molecule has 0 unspecified atom stereocenters. The van der Waals surface area contributed by atoms with Gasteiger partial charge in [-0.05, 0) is 54.8 Å². The molecule has 1 heterocycles. The molecule has 1 saturated carbocycles. The van der Waals surface area contributed by atoms with Gasteiger partial charge < -0.3 is 9.73 Å². The normalized spacial score (nSPS) is 15.6. The first-order valence-electron chi connectivity index (χ1n) is 8.18. The molecule has 0 radical (unpaired) electrons. The molecule has 0 saturated heterocycles. The number of halogens is 1. The van der Waals surface area contributed by atoms with Gasteiger partial charge in [-0.3, -0.25) is 4.79 Å². The van der Waals surface area contributed by atoms with Crippen molar-refractivity contribution >= 4 is 34.2 Å². The van der Waals surface area contributed by atoms with Gasteiger partial charge >= 0.3 is 5.63 Å². The number of carbonyl (C=O) groups is 1. The summed E-state index contributed by atoms with van der Waals surface area (Å²) in [5, 5.41) is 4.44. The minimum Gasteiger partial charge on any atom is -0.423 e. The molecule has 0 aliphatic heterocycles. The molecule has 25 heavy (non-hydrogen) atoms. The smallest absolute Gasteiger partial charge is 0.336 e. The summed E-state index contributed by atoms with van der Waals surface area (Å²) in [5.41, 5.74) is 1.30. The van der Waals surface area contributed by atoms with E-state index in [4.69, 9.17) is 16.0 Å². The fourth-order valence-electron chi connectivity index (χ4n) is 3.35. The summed E-state index contributed by atoms with van der Waals surface area (Å²) in [7, 11) is 0. The first-order chi connectivity index (χ1) is 12.1. The third-order valence-electron chi connectivity index (χ3n) is 4.92. The van der Waals surface area contributed by atoms with E-state index in [1.54, 1.807) is 18.2 Å². The number of nitrogens with one attached hydrogen (secondary N) is 1. The van der Waals surface area contributed by atoms with Crippen LogP contribution in [0.15, 0.2) is 63.8 Å². The van der Waals surface area contributed by atoms with Gasteiger partial charge in [0.15, 0.2) is 0 Å². The summed E-state index contributed by atoms with van der Waals surface area (Å²) in [6, 6.07) is 15.8. The molecule has 1 aromatic heterocycles. The van der Waals surface area contributed by atoms with Crippen molar-refractivity contribution in [1.82, 2.24) is 0 Å². The molecule has 5 heteroatoms. The number of carbonyl (C=O) groups excluding carboxylic acids is 1. The van der Waals surface area contributed by atoms with Gasteiger partial charge in [0.25, 0.3) is 0 Å². The Morgan fingerprint density at radius 1 is 1.04 bits per heavy atom. The van der Waals surface area contributed by atoms with Crippen LogP contribution in [0, 0.1) is 0 Å². The third-order valence-corrected chi connectivity index (χ3v) is 5.17. The van der Waals surface area contributed by atoms with Crippen molar-refractivity contribution in [2.45, 2.75) is 24.7 Å². The van der Waals surface area contributed by atoms with E-state index in [1.807, 2.05) is 30.3 Å². The highest BCUT2D eigenvalue weighted by Crippen LogP contribution is 2.45. The summed E-state index contributed by atoms with van der Waals surface area (Å²) in [4.78, 5) is 24.2. The molecule has 1 amide bonds. The van der Waals surface area contributed by atoms with Crippen LogP contribution in [0.4, 0.5) is 5.69 Å². The van der Waals surface area contributed by atoms with E-state index in [0.717, 1.165) is 30.2 Å². The lowest BCUT2D eigenvalue weighted by Gasteiger charge is -2.40. The molecular weight excluding hydrogens is 338 g/mol. The molecule has 2 aromatic carbocycles. The minimum absolute atomic E-state index is 0.0159. The number of fused-ring (bicyclic) bond motifs is 1. The maximum absolute atomic E-state index is 13.0. The molecule has 1 aliphatic carbocycles. The van der Waals surface area contributed by atoms with E-state index < -0.39 is 5.41 Å². The molecule has 126 valence electrons. The summed E-state index contributed by atoms with van der Waals surface area (Å²) >= 11 is 5.97. The number of rotatable bonds is 3. The van der Waals surface area contributed by atoms with Crippen LogP contribution in [0.25, 0.3) is 11.0 Å².